The van der Waals surface area contributed by atoms with Crippen LogP contribution in [0.15, 0.2) is 0 Å². The monoisotopic (exact) mass is 166 g/mol. The number of hydrogen-bond donors (Lipinski definition) is 2. The minimum absolute atomic E-state index is 0.138. The molecule has 0 radical (unpaired) electrons. The van der Waals surface area contributed by atoms with Crippen LogP contribution in [0.4, 0.5) is 0 Å². The zero-order chi connectivity index (χ0) is 8.40. The zero-order valence-corrected chi connectivity index (χ0v) is 7.55. The first kappa shape index (κ1) is 7.34. The van der Waals surface area contributed by atoms with Crippen molar-refractivity contribution in [1.82, 2.24) is 0 Å². The van der Waals surface area contributed by atoms with E-state index < -0.39 is 0 Å². The van der Waals surface area contributed by atoms with E-state index in [1.807, 2.05) is 0 Å². The van der Waals surface area contributed by atoms with Crippen molar-refractivity contribution in [3.63, 3.8) is 0 Å². The molecule has 0 amide bonds. The lowest BCUT2D eigenvalue weighted by atomic mass is 9.50. The Kier molecular flexibility index (Phi) is 1.15. The Morgan fingerprint density at radius 3 is 1.58 bits per heavy atom. The molecule has 0 aliphatic heterocycles. The summed E-state index contributed by atoms with van der Waals surface area (Å²) in [6, 6.07) is 0. The van der Waals surface area contributed by atoms with E-state index in [4.69, 9.17) is 11.5 Å². The summed E-state index contributed by atoms with van der Waals surface area (Å²) in [5.74, 6) is 1.72. The van der Waals surface area contributed by atoms with Gasteiger partial charge in [-0.15, -0.1) is 0 Å². The molecular weight excluding hydrogens is 148 g/mol. The summed E-state index contributed by atoms with van der Waals surface area (Å²) in [4.78, 5) is 0. The summed E-state index contributed by atoms with van der Waals surface area (Å²) in [7, 11) is 0. The smallest absolute Gasteiger partial charge is 0.0177 e. The molecule has 4 rings (SSSR count). The van der Waals surface area contributed by atoms with Crippen LogP contribution in [0.3, 0.4) is 0 Å². The van der Waals surface area contributed by atoms with Crippen LogP contribution in [-0.4, -0.2) is 11.1 Å². The number of rotatable bonds is 0. The van der Waals surface area contributed by atoms with E-state index in [0.717, 1.165) is 18.3 Å². The van der Waals surface area contributed by atoms with Gasteiger partial charge in [-0.25, -0.2) is 0 Å². The van der Waals surface area contributed by atoms with E-state index in [-0.39, 0.29) is 11.1 Å². The van der Waals surface area contributed by atoms with Gasteiger partial charge < -0.3 is 11.5 Å². The fourth-order valence-corrected chi connectivity index (χ4v) is 4.41. The third kappa shape index (κ3) is 0.882. The second-order valence-corrected chi connectivity index (χ2v) is 5.69. The van der Waals surface area contributed by atoms with Crippen LogP contribution < -0.4 is 11.5 Å². The quantitative estimate of drug-likeness (QED) is 0.564. The second-order valence-electron chi connectivity index (χ2n) is 5.69. The number of hydrogen-bond acceptors (Lipinski definition) is 2. The first-order chi connectivity index (χ1) is 5.57. The van der Waals surface area contributed by atoms with Gasteiger partial charge in [0.15, 0.2) is 0 Å². The Balaban J connectivity index is 1.98. The van der Waals surface area contributed by atoms with Gasteiger partial charge in [-0.1, -0.05) is 0 Å². The lowest BCUT2D eigenvalue weighted by Gasteiger charge is -2.59. The molecule has 0 aromatic carbocycles. The fraction of sp³-hybridized carbons (Fsp3) is 1.00. The Bertz CT molecular complexity index is 190. The Hall–Kier alpha value is -0.0800. The van der Waals surface area contributed by atoms with Gasteiger partial charge in [-0.05, 0) is 50.4 Å². The predicted molar refractivity (Wildman–Crippen MR) is 48.5 cm³/mol. The van der Waals surface area contributed by atoms with Gasteiger partial charge >= 0.3 is 0 Å². The third-order valence-electron chi connectivity index (χ3n) is 4.15. The first-order valence-electron chi connectivity index (χ1n) is 5.15. The Morgan fingerprint density at radius 2 is 1.25 bits per heavy atom. The molecule has 0 atom stereocenters. The summed E-state index contributed by atoms with van der Waals surface area (Å²) in [6.07, 6.45) is 7.51. The molecule has 0 aromatic rings. The van der Waals surface area contributed by atoms with Crippen LogP contribution in [-0.2, 0) is 0 Å². The van der Waals surface area contributed by atoms with Crippen LogP contribution in [0.1, 0.15) is 38.5 Å². The average molecular weight is 166 g/mol. The standard InChI is InChI=1S/C10H18N2/c11-9-2-7-1-8(4-9)5-10(12,3-7)6-9/h7-8H,1-6,11-12H2/t7-,8-,9-,10+. The molecule has 0 spiro atoms. The lowest BCUT2D eigenvalue weighted by molar-refractivity contribution is -0.0173. The molecule has 0 unspecified atom stereocenters. The van der Waals surface area contributed by atoms with Crippen molar-refractivity contribution in [2.75, 3.05) is 0 Å². The summed E-state index contributed by atoms with van der Waals surface area (Å²) in [5, 5.41) is 0. The van der Waals surface area contributed by atoms with Crippen molar-refractivity contribution >= 4 is 0 Å². The van der Waals surface area contributed by atoms with Gasteiger partial charge in [-0.2, -0.15) is 0 Å². The molecule has 0 saturated heterocycles. The molecule has 4 saturated carbocycles. The average Bonchev–Trinajstić information content (AvgIpc) is 1.75. The highest BCUT2D eigenvalue weighted by molar-refractivity contribution is 5.13. The molecule has 2 nitrogen and oxygen atoms in total. The van der Waals surface area contributed by atoms with Crippen LogP contribution in [0, 0.1) is 11.8 Å². The molecule has 12 heavy (non-hydrogen) atoms. The van der Waals surface area contributed by atoms with Crippen LogP contribution in [0.5, 0.6) is 0 Å². The van der Waals surface area contributed by atoms with Crippen LogP contribution >= 0.6 is 0 Å². The highest BCUT2D eigenvalue weighted by atomic mass is 14.9. The largest absolute Gasteiger partial charge is 0.325 e. The SMILES string of the molecule is N[C@]12C[C@H]3C[C@H](C1)C[C@@](N)(C3)C2. The van der Waals surface area contributed by atoms with Crippen molar-refractivity contribution in [2.45, 2.75) is 49.6 Å². The Morgan fingerprint density at radius 1 is 0.833 bits per heavy atom. The maximum atomic E-state index is 6.33. The van der Waals surface area contributed by atoms with Gasteiger partial charge in [0.05, 0.1) is 0 Å². The van der Waals surface area contributed by atoms with E-state index in [1.165, 1.54) is 32.1 Å². The van der Waals surface area contributed by atoms with Gasteiger partial charge in [0, 0.05) is 11.1 Å². The topological polar surface area (TPSA) is 52.0 Å². The molecular formula is C10H18N2. The lowest BCUT2D eigenvalue weighted by Crippen LogP contribution is -2.66. The van der Waals surface area contributed by atoms with Gasteiger partial charge in [0.25, 0.3) is 0 Å². The molecule has 2 heteroatoms. The molecule has 4 N–H and O–H groups in total. The minimum atomic E-state index is 0.138. The van der Waals surface area contributed by atoms with E-state index >= 15 is 0 Å². The summed E-state index contributed by atoms with van der Waals surface area (Å²) in [6.45, 7) is 0. The molecule has 4 bridgehead atoms. The van der Waals surface area contributed by atoms with E-state index in [1.54, 1.807) is 0 Å². The van der Waals surface area contributed by atoms with Crippen LogP contribution in [0.25, 0.3) is 0 Å². The van der Waals surface area contributed by atoms with Gasteiger partial charge in [0.1, 0.15) is 0 Å². The predicted octanol–water partition coefficient (Wildman–Crippen LogP) is 0.995. The number of nitrogens with two attached hydrogens (primary N) is 2. The molecule has 4 fully saturated rings. The van der Waals surface area contributed by atoms with Crippen molar-refractivity contribution in [2.24, 2.45) is 23.3 Å². The van der Waals surface area contributed by atoms with Crippen molar-refractivity contribution in [1.29, 1.82) is 0 Å². The summed E-state index contributed by atoms with van der Waals surface area (Å²) >= 11 is 0. The second kappa shape index (κ2) is 1.88. The highest BCUT2D eigenvalue weighted by Gasteiger charge is 2.54. The summed E-state index contributed by atoms with van der Waals surface area (Å²) in [5.41, 5.74) is 12.9. The summed E-state index contributed by atoms with van der Waals surface area (Å²) < 4.78 is 0. The van der Waals surface area contributed by atoms with Crippen LogP contribution in [0.2, 0.25) is 0 Å². The van der Waals surface area contributed by atoms with E-state index in [2.05, 4.69) is 0 Å². The first-order valence-corrected chi connectivity index (χ1v) is 5.15. The van der Waals surface area contributed by atoms with Crippen molar-refractivity contribution in [3.05, 3.63) is 0 Å². The molecule has 68 valence electrons. The van der Waals surface area contributed by atoms with Crippen molar-refractivity contribution < 1.29 is 0 Å². The highest BCUT2D eigenvalue weighted by Crippen LogP contribution is 2.55. The van der Waals surface area contributed by atoms with Crippen molar-refractivity contribution in [3.8, 4) is 0 Å². The molecule has 4 aliphatic rings. The molecule has 0 heterocycles. The zero-order valence-electron chi connectivity index (χ0n) is 7.55. The Labute approximate surface area is 73.7 Å². The van der Waals surface area contributed by atoms with Gasteiger partial charge in [0.2, 0.25) is 0 Å². The minimum Gasteiger partial charge on any atom is -0.325 e. The maximum absolute atomic E-state index is 6.33. The fourth-order valence-electron chi connectivity index (χ4n) is 4.41. The van der Waals surface area contributed by atoms with E-state index in [0.29, 0.717) is 0 Å². The van der Waals surface area contributed by atoms with E-state index in [9.17, 15) is 0 Å². The van der Waals surface area contributed by atoms with Gasteiger partial charge in [-0.3, -0.25) is 0 Å². The molecule has 0 aromatic heterocycles. The normalized spacial score (nSPS) is 62.5. The molecule has 4 aliphatic carbocycles. The maximum Gasteiger partial charge on any atom is 0.0177 e. The third-order valence-corrected chi connectivity index (χ3v) is 4.15.